The largest absolute Gasteiger partial charge is 0.256 e. The van der Waals surface area contributed by atoms with Gasteiger partial charge in [0.2, 0.25) is 0 Å². The molecular formula is C11H14BrNS3. The van der Waals surface area contributed by atoms with Crippen molar-refractivity contribution >= 4 is 51.2 Å². The van der Waals surface area contributed by atoms with Gasteiger partial charge in [0.05, 0.1) is 11.4 Å². The smallest absolute Gasteiger partial charge is 0.0517 e. The van der Waals surface area contributed by atoms with E-state index in [1.165, 1.54) is 38.9 Å². The Morgan fingerprint density at radius 2 is 1.38 bits per heavy atom. The second-order valence-electron chi connectivity index (χ2n) is 3.49. The molecule has 0 amide bonds. The fourth-order valence-electron chi connectivity index (χ4n) is 1.45. The maximum Gasteiger partial charge on any atom is 0.0517 e. The van der Waals surface area contributed by atoms with Crippen LogP contribution in [0.3, 0.4) is 0 Å². The van der Waals surface area contributed by atoms with Crippen molar-refractivity contribution in [3.63, 3.8) is 0 Å². The highest BCUT2D eigenvalue weighted by atomic mass is 79.9. The molecule has 0 atom stereocenters. The number of rotatable bonds is 0. The standard InChI is InChI=1S/C11H14BrNS3/c12-9-5-10-7-15-3-1-14-2-4-16-8-11(6-9)13-10/h5-6H,1-4,7-8H2. The Kier molecular flexibility index (Phi) is 5.89. The van der Waals surface area contributed by atoms with Crippen molar-refractivity contribution < 1.29 is 0 Å². The van der Waals surface area contributed by atoms with Crippen molar-refractivity contribution in [2.45, 2.75) is 11.5 Å². The Morgan fingerprint density at radius 1 is 0.875 bits per heavy atom. The number of thioether (sulfide) groups is 3. The van der Waals surface area contributed by atoms with Crippen LogP contribution in [-0.4, -0.2) is 28.0 Å². The molecule has 2 bridgehead atoms. The van der Waals surface area contributed by atoms with Gasteiger partial charge in [-0.1, -0.05) is 15.9 Å². The highest BCUT2D eigenvalue weighted by Crippen LogP contribution is 2.22. The van der Waals surface area contributed by atoms with E-state index in [1.54, 1.807) is 0 Å². The first-order valence-corrected chi connectivity index (χ1v) is 9.49. The number of hydrogen-bond acceptors (Lipinski definition) is 4. The van der Waals surface area contributed by atoms with Gasteiger partial charge >= 0.3 is 0 Å². The Labute approximate surface area is 118 Å². The molecule has 2 heterocycles. The number of fused-ring (bicyclic) bond motifs is 2. The Bertz CT molecular complexity index is 318. The van der Waals surface area contributed by atoms with Gasteiger partial charge in [0.15, 0.2) is 0 Å². The van der Waals surface area contributed by atoms with E-state index < -0.39 is 0 Å². The van der Waals surface area contributed by atoms with Gasteiger partial charge in [-0.05, 0) is 12.1 Å². The SMILES string of the molecule is Brc1cc2nc(c1)CSCCSCCSC2. The summed E-state index contributed by atoms with van der Waals surface area (Å²) in [5.74, 6) is 7.09. The van der Waals surface area contributed by atoms with Crippen LogP contribution in [0.4, 0.5) is 0 Å². The highest BCUT2D eigenvalue weighted by Gasteiger charge is 2.04. The van der Waals surface area contributed by atoms with Gasteiger partial charge in [-0.3, -0.25) is 4.98 Å². The van der Waals surface area contributed by atoms with Crippen LogP contribution >= 0.6 is 51.2 Å². The van der Waals surface area contributed by atoms with Gasteiger partial charge in [-0.25, -0.2) is 0 Å². The molecule has 5 heteroatoms. The molecule has 1 aliphatic rings. The highest BCUT2D eigenvalue weighted by molar-refractivity contribution is 9.10. The van der Waals surface area contributed by atoms with Gasteiger partial charge in [-0.2, -0.15) is 35.3 Å². The zero-order valence-corrected chi connectivity index (χ0v) is 13.0. The zero-order chi connectivity index (χ0) is 11.2. The molecule has 1 aromatic heterocycles. The first-order valence-electron chi connectivity index (χ1n) is 5.23. The van der Waals surface area contributed by atoms with Crippen LogP contribution in [0.5, 0.6) is 0 Å². The maximum absolute atomic E-state index is 4.69. The summed E-state index contributed by atoms with van der Waals surface area (Å²) < 4.78 is 1.17. The normalized spacial score (nSPS) is 18.6. The number of halogens is 1. The van der Waals surface area contributed by atoms with Crippen LogP contribution < -0.4 is 0 Å². The van der Waals surface area contributed by atoms with E-state index in [2.05, 4.69) is 44.8 Å². The van der Waals surface area contributed by atoms with E-state index in [-0.39, 0.29) is 0 Å². The van der Waals surface area contributed by atoms with E-state index in [4.69, 9.17) is 0 Å². The molecule has 0 fully saturated rings. The number of nitrogens with zero attached hydrogens (tertiary/aromatic N) is 1. The van der Waals surface area contributed by atoms with E-state index in [0.29, 0.717) is 0 Å². The average Bonchev–Trinajstić information content (AvgIpc) is 2.24. The minimum atomic E-state index is 1.04. The summed E-state index contributed by atoms with van der Waals surface area (Å²) in [5, 5.41) is 0. The molecule has 1 aliphatic heterocycles. The molecule has 88 valence electrons. The van der Waals surface area contributed by atoms with Crippen LogP contribution in [0.25, 0.3) is 0 Å². The van der Waals surface area contributed by atoms with Crippen LogP contribution in [0, 0.1) is 0 Å². The molecule has 0 N–H and O–H groups in total. The number of aromatic nitrogens is 1. The minimum Gasteiger partial charge on any atom is -0.256 e. The molecular weight excluding hydrogens is 322 g/mol. The molecule has 0 unspecified atom stereocenters. The third-order valence-electron chi connectivity index (χ3n) is 2.14. The van der Waals surface area contributed by atoms with Gasteiger partial charge in [0, 0.05) is 39.0 Å². The lowest BCUT2D eigenvalue weighted by Gasteiger charge is -2.08. The van der Waals surface area contributed by atoms with Crippen molar-refractivity contribution in [2.24, 2.45) is 0 Å². The van der Waals surface area contributed by atoms with E-state index in [9.17, 15) is 0 Å². The molecule has 1 aromatic rings. The first kappa shape index (κ1) is 13.1. The molecule has 0 aromatic carbocycles. The molecule has 0 saturated heterocycles. The Balaban J connectivity index is 2.08. The van der Waals surface area contributed by atoms with E-state index >= 15 is 0 Å². The Morgan fingerprint density at radius 3 is 1.94 bits per heavy atom. The third-order valence-corrected chi connectivity index (χ3v) is 6.09. The molecule has 0 spiro atoms. The second-order valence-corrected chi connectivity index (χ2v) is 7.84. The number of pyridine rings is 1. The summed E-state index contributed by atoms with van der Waals surface area (Å²) in [4.78, 5) is 4.69. The fraction of sp³-hybridized carbons (Fsp3) is 0.545. The molecule has 0 radical (unpaired) electrons. The van der Waals surface area contributed by atoms with Crippen molar-refractivity contribution in [3.8, 4) is 0 Å². The topological polar surface area (TPSA) is 12.9 Å². The second kappa shape index (κ2) is 7.19. The van der Waals surface area contributed by atoms with Crippen molar-refractivity contribution in [1.82, 2.24) is 4.98 Å². The van der Waals surface area contributed by atoms with Crippen molar-refractivity contribution in [2.75, 3.05) is 23.0 Å². The van der Waals surface area contributed by atoms with E-state index in [1.807, 2.05) is 23.5 Å². The van der Waals surface area contributed by atoms with Crippen LogP contribution in [0.15, 0.2) is 16.6 Å². The summed E-state index contributed by atoms with van der Waals surface area (Å²) >= 11 is 9.61. The predicted octanol–water partition coefficient (Wildman–Crippen LogP) is 4.06. The van der Waals surface area contributed by atoms with Crippen LogP contribution in [0.1, 0.15) is 11.4 Å². The Hall–Kier alpha value is 0.680. The van der Waals surface area contributed by atoms with Gasteiger partial charge < -0.3 is 0 Å². The van der Waals surface area contributed by atoms with Crippen molar-refractivity contribution in [1.29, 1.82) is 0 Å². The van der Waals surface area contributed by atoms with Gasteiger partial charge in [-0.15, -0.1) is 0 Å². The maximum atomic E-state index is 4.69. The minimum absolute atomic E-state index is 1.04. The molecule has 0 aliphatic carbocycles. The number of hydrogen-bond donors (Lipinski definition) is 0. The van der Waals surface area contributed by atoms with Crippen LogP contribution in [0.2, 0.25) is 0 Å². The summed E-state index contributed by atoms with van der Waals surface area (Å²) in [5.41, 5.74) is 2.42. The summed E-state index contributed by atoms with van der Waals surface area (Å²) in [6, 6.07) is 4.28. The average molecular weight is 336 g/mol. The fourth-order valence-corrected chi connectivity index (χ4v) is 5.07. The van der Waals surface area contributed by atoms with Crippen LogP contribution in [-0.2, 0) is 11.5 Å². The zero-order valence-electron chi connectivity index (χ0n) is 8.95. The quantitative estimate of drug-likeness (QED) is 0.708. The molecule has 2 rings (SSSR count). The lowest BCUT2D eigenvalue weighted by atomic mass is 10.3. The summed E-state index contributed by atoms with van der Waals surface area (Å²) in [7, 11) is 0. The van der Waals surface area contributed by atoms with Gasteiger partial charge in [0.25, 0.3) is 0 Å². The monoisotopic (exact) mass is 335 g/mol. The predicted molar refractivity (Wildman–Crippen MR) is 81.6 cm³/mol. The molecule has 0 saturated carbocycles. The first-order chi connectivity index (χ1) is 7.84. The summed E-state index contributed by atoms with van der Waals surface area (Å²) in [6.45, 7) is 0. The lowest BCUT2D eigenvalue weighted by molar-refractivity contribution is 1.08. The van der Waals surface area contributed by atoms with Crippen molar-refractivity contribution in [3.05, 3.63) is 28.0 Å². The molecule has 16 heavy (non-hydrogen) atoms. The van der Waals surface area contributed by atoms with Gasteiger partial charge in [0.1, 0.15) is 0 Å². The lowest BCUT2D eigenvalue weighted by Crippen LogP contribution is -1.98. The third kappa shape index (κ3) is 4.51. The summed E-state index contributed by atoms with van der Waals surface area (Å²) in [6.07, 6.45) is 0. The van der Waals surface area contributed by atoms with E-state index in [0.717, 1.165) is 11.5 Å². The molecule has 1 nitrogen and oxygen atoms in total.